The second-order valence-corrected chi connectivity index (χ2v) is 6.82. The first kappa shape index (κ1) is 17.7. The second kappa shape index (κ2) is 7.42. The number of benzene rings is 2. The zero-order valence-corrected chi connectivity index (χ0v) is 15.6. The van der Waals surface area contributed by atoms with E-state index in [4.69, 9.17) is 4.74 Å². The van der Waals surface area contributed by atoms with Crippen molar-refractivity contribution in [1.82, 2.24) is 4.98 Å². The molecule has 1 N–H and O–H groups in total. The molecule has 0 aliphatic rings. The Morgan fingerprint density at radius 3 is 2.73 bits per heavy atom. The van der Waals surface area contributed by atoms with Crippen LogP contribution in [-0.4, -0.2) is 17.2 Å². The normalized spacial score (nSPS) is 11.2. The number of methoxy groups -OCH3 is 1. The van der Waals surface area contributed by atoms with Crippen molar-refractivity contribution in [2.75, 3.05) is 7.11 Å². The van der Waals surface area contributed by atoms with Crippen molar-refractivity contribution < 1.29 is 9.84 Å². The Kier molecular flexibility index (Phi) is 5.06. The number of aromatic hydroxyl groups is 1. The average molecular weight is 362 g/mol. The lowest BCUT2D eigenvalue weighted by Gasteiger charge is -2.04. The molecule has 0 bridgehead atoms. The van der Waals surface area contributed by atoms with Crippen LogP contribution in [0.25, 0.3) is 22.9 Å². The lowest BCUT2D eigenvalue weighted by atomic mass is 10.0. The number of thiazole rings is 1. The minimum Gasteiger partial charge on any atom is -0.504 e. The Morgan fingerprint density at radius 1 is 1.23 bits per heavy atom. The molecule has 0 saturated heterocycles. The van der Waals surface area contributed by atoms with Gasteiger partial charge < -0.3 is 9.84 Å². The summed E-state index contributed by atoms with van der Waals surface area (Å²) in [6.07, 6.45) is 1.74. The van der Waals surface area contributed by atoms with Crippen LogP contribution in [0.15, 0.2) is 41.8 Å². The van der Waals surface area contributed by atoms with Gasteiger partial charge in [0.25, 0.3) is 0 Å². The van der Waals surface area contributed by atoms with Crippen LogP contribution in [0.2, 0.25) is 0 Å². The van der Waals surface area contributed by atoms with E-state index in [0.717, 1.165) is 22.4 Å². The third-order valence-corrected chi connectivity index (χ3v) is 4.90. The molecule has 26 heavy (non-hydrogen) atoms. The summed E-state index contributed by atoms with van der Waals surface area (Å²) in [4.78, 5) is 4.65. The number of nitriles is 1. The van der Waals surface area contributed by atoms with E-state index in [0.29, 0.717) is 16.3 Å². The van der Waals surface area contributed by atoms with E-state index in [9.17, 15) is 10.4 Å². The molecule has 3 aromatic rings. The molecule has 0 saturated carbocycles. The predicted molar refractivity (Wildman–Crippen MR) is 105 cm³/mol. The van der Waals surface area contributed by atoms with E-state index in [1.54, 1.807) is 24.3 Å². The van der Waals surface area contributed by atoms with E-state index < -0.39 is 0 Å². The number of aromatic nitrogens is 1. The lowest BCUT2D eigenvalue weighted by molar-refractivity contribution is 0.373. The number of phenolic OH excluding ortho intramolecular Hbond substituents is 1. The molecule has 0 unspecified atom stereocenters. The molecule has 0 aliphatic heterocycles. The molecule has 4 nitrogen and oxygen atoms in total. The molecule has 130 valence electrons. The van der Waals surface area contributed by atoms with Crippen molar-refractivity contribution in [3.8, 4) is 28.8 Å². The number of phenols is 1. The first-order valence-electron chi connectivity index (χ1n) is 8.04. The Bertz CT molecular complexity index is 1030. The highest BCUT2D eigenvalue weighted by Crippen LogP contribution is 2.31. The summed E-state index contributed by atoms with van der Waals surface area (Å²) in [5.74, 6) is 0.431. The fourth-order valence-electron chi connectivity index (χ4n) is 2.71. The molecule has 1 heterocycles. The van der Waals surface area contributed by atoms with Crippen molar-refractivity contribution in [1.29, 1.82) is 5.26 Å². The van der Waals surface area contributed by atoms with Gasteiger partial charge in [-0.2, -0.15) is 5.26 Å². The van der Waals surface area contributed by atoms with Crippen LogP contribution in [0.4, 0.5) is 0 Å². The molecule has 5 heteroatoms. The number of hydrogen-bond acceptors (Lipinski definition) is 5. The van der Waals surface area contributed by atoms with Crippen molar-refractivity contribution in [2.24, 2.45) is 0 Å². The Labute approximate surface area is 156 Å². The zero-order chi connectivity index (χ0) is 18.7. The van der Waals surface area contributed by atoms with Crippen LogP contribution >= 0.6 is 11.3 Å². The van der Waals surface area contributed by atoms with Gasteiger partial charge in [0.2, 0.25) is 0 Å². The van der Waals surface area contributed by atoms with E-state index in [1.807, 2.05) is 5.38 Å². The van der Waals surface area contributed by atoms with Gasteiger partial charge in [0.1, 0.15) is 11.1 Å². The van der Waals surface area contributed by atoms with Crippen LogP contribution < -0.4 is 4.74 Å². The fraction of sp³-hybridized carbons (Fsp3) is 0.143. The van der Waals surface area contributed by atoms with Crippen molar-refractivity contribution in [3.63, 3.8) is 0 Å². The van der Waals surface area contributed by atoms with Crippen molar-refractivity contribution >= 4 is 23.0 Å². The molecule has 2 aromatic carbocycles. The van der Waals surface area contributed by atoms with Crippen LogP contribution in [-0.2, 0) is 0 Å². The quantitative estimate of drug-likeness (QED) is 0.647. The van der Waals surface area contributed by atoms with E-state index in [2.05, 4.69) is 43.1 Å². The first-order valence-corrected chi connectivity index (χ1v) is 8.92. The van der Waals surface area contributed by atoms with Gasteiger partial charge in [-0.3, -0.25) is 0 Å². The SMILES string of the molecule is COc1cc(/C=C(/C#N)c2nc(-c3ccc(C)cc3C)cs2)ccc1O. The summed E-state index contributed by atoms with van der Waals surface area (Å²) >= 11 is 1.44. The molecule has 0 radical (unpaired) electrons. The first-order chi connectivity index (χ1) is 12.5. The molecule has 0 aliphatic carbocycles. The Morgan fingerprint density at radius 2 is 2.04 bits per heavy atom. The zero-order valence-electron chi connectivity index (χ0n) is 14.8. The van der Waals surface area contributed by atoms with Crippen LogP contribution in [0.1, 0.15) is 21.7 Å². The highest BCUT2D eigenvalue weighted by atomic mass is 32.1. The van der Waals surface area contributed by atoms with Crippen LogP contribution in [0.3, 0.4) is 0 Å². The minimum atomic E-state index is 0.0644. The van der Waals surface area contributed by atoms with Gasteiger partial charge in [-0.25, -0.2) is 4.98 Å². The smallest absolute Gasteiger partial charge is 0.161 e. The van der Waals surface area contributed by atoms with Gasteiger partial charge in [0, 0.05) is 10.9 Å². The fourth-order valence-corrected chi connectivity index (χ4v) is 3.50. The van der Waals surface area contributed by atoms with Gasteiger partial charge in [-0.15, -0.1) is 11.3 Å². The number of ether oxygens (including phenoxy) is 1. The molecule has 1 aromatic heterocycles. The minimum absolute atomic E-state index is 0.0644. The topological polar surface area (TPSA) is 66.1 Å². The number of nitrogens with zero attached hydrogens (tertiary/aromatic N) is 2. The maximum atomic E-state index is 9.70. The number of aryl methyl sites for hydroxylation is 2. The summed E-state index contributed by atoms with van der Waals surface area (Å²) in [7, 11) is 1.49. The number of hydrogen-bond donors (Lipinski definition) is 1. The highest BCUT2D eigenvalue weighted by Gasteiger charge is 2.11. The van der Waals surface area contributed by atoms with Crippen molar-refractivity contribution in [2.45, 2.75) is 13.8 Å². The van der Waals surface area contributed by atoms with Gasteiger partial charge in [0.15, 0.2) is 11.5 Å². The van der Waals surface area contributed by atoms with Gasteiger partial charge in [0.05, 0.1) is 18.4 Å². The van der Waals surface area contributed by atoms with Crippen molar-refractivity contribution in [3.05, 3.63) is 63.5 Å². The van der Waals surface area contributed by atoms with Gasteiger partial charge >= 0.3 is 0 Å². The average Bonchev–Trinajstić information content (AvgIpc) is 3.10. The standard InChI is InChI=1S/C21H18N2O2S/c1-13-4-6-17(14(2)8-13)18-12-26-21(23-18)16(11-22)9-15-5-7-19(24)20(10-15)25-3/h4-10,12,24H,1-3H3/b16-9-. The van der Waals surface area contributed by atoms with Gasteiger partial charge in [-0.05, 0) is 43.2 Å². The third-order valence-electron chi connectivity index (χ3n) is 4.03. The summed E-state index contributed by atoms with van der Waals surface area (Å²) < 4.78 is 5.12. The van der Waals surface area contributed by atoms with Crippen LogP contribution in [0, 0.1) is 25.2 Å². The molecular formula is C21H18N2O2S. The largest absolute Gasteiger partial charge is 0.504 e. The molecule has 0 spiro atoms. The molecule has 0 atom stereocenters. The summed E-state index contributed by atoms with van der Waals surface area (Å²) in [6, 6.07) is 13.4. The third kappa shape index (κ3) is 3.61. The Hall–Kier alpha value is -3.10. The summed E-state index contributed by atoms with van der Waals surface area (Å²) in [5.41, 5.74) is 5.54. The highest BCUT2D eigenvalue weighted by molar-refractivity contribution is 7.11. The summed E-state index contributed by atoms with van der Waals surface area (Å²) in [5, 5.41) is 21.9. The number of allylic oxidation sites excluding steroid dienone is 1. The van der Waals surface area contributed by atoms with E-state index in [1.165, 1.54) is 24.0 Å². The molecule has 0 amide bonds. The lowest BCUT2D eigenvalue weighted by Crippen LogP contribution is -1.87. The molecule has 3 rings (SSSR count). The van der Waals surface area contributed by atoms with Gasteiger partial charge in [-0.1, -0.05) is 29.8 Å². The molecule has 0 fully saturated rings. The maximum Gasteiger partial charge on any atom is 0.161 e. The number of rotatable bonds is 4. The summed E-state index contributed by atoms with van der Waals surface area (Å²) in [6.45, 7) is 4.12. The van der Waals surface area contributed by atoms with E-state index >= 15 is 0 Å². The molecular weight excluding hydrogens is 344 g/mol. The van der Waals surface area contributed by atoms with E-state index in [-0.39, 0.29) is 5.75 Å². The second-order valence-electron chi connectivity index (χ2n) is 5.96. The van der Waals surface area contributed by atoms with Crippen LogP contribution in [0.5, 0.6) is 11.5 Å². The monoisotopic (exact) mass is 362 g/mol. The predicted octanol–water partition coefficient (Wildman–Crippen LogP) is 5.21. The Balaban J connectivity index is 1.97. The maximum absolute atomic E-state index is 9.70.